The van der Waals surface area contributed by atoms with Gasteiger partial charge in [0.1, 0.15) is 0 Å². The molecule has 0 fully saturated rings. The molecule has 0 spiro atoms. The lowest BCUT2D eigenvalue weighted by atomic mass is 10.3. The summed E-state index contributed by atoms with van der Waals surface area (Å²) in [5.41, 5.74) is 0.459. The fraction of sp³-hybridized carbons (Fsp3) is 0.176. The Balaban J connectivity index is 2.00. The Kier molecular flexibility index (Phi) is 6.69. The Hall–Kier alpha value is -2.03. The number of carbonyl (C=O) groups is 2. The van der Waals surface area contributed by atoms with Gasteiger partial charge in [0.2, 0.25) is 11.8 Å². The van der Waals surface area contributed by atoms with Crippen LogP contribution in [0.15, 0.2) is 58.3 Å². The Bertz CT molecular complexity index is 897. The minimum absolute atomic E-state index is 0.0608. The third kappa shape index (κ3) is 5.76. The van der Waals surface area contributed by atoms with E-state index in [9.17, 15) is 18.0 Å². The van der Waals surface area contributed by atoms with Crippen LogP contribution in [0.2, 0.25) is 5.02 Å². The number of hydrogen-bond donors (Lipinski definition) is 2. The zero-order valence-corrected chi connectivity index (χ0v) is 16.4. The van der Waals surface area contributed by atoms with Crippen molar-refractivity contribution in [2.45, 2.75) is 28.9 Å². The smallest absolute Gasteiger partial charge is 0.264 e. The predicted molar refractivity (Wildman–Crippen MR) is 103 cm³/mol. The monoisotopic (exact) mass is 412 g/mol. The van der Waals surface area contributed by atoms with Gasteiger partial charge < -0.3 is 5.32 Å². The average molecular weight is 413 g/mol. The van der Waals surface area contributed by atoms with E-state index in [0.717, 1.165) is 11.8 Å². The molecule has 26 heavy (non-hydrogen) atoms. The second-order valence-electron chi connectivity index (χ2n) is 5.39. The van der Waals surface area contributed by atoms with E-state index in [4.69, 9.17) is 11.6 Å². The van der Waals surface area contributed by atoms with Crippen LogP contribution in [0.3, 0.4) is 0 Å². The summed E-state index contributed by atoms with van der Waals surface area (Å²) in [6, 6.07) is 12.7. The number of benzene rings is 2. The Morgan fingerprint density at radius 2 is 1.62 bits per heavy atom. The van der Waals surface area contributed by atoms with Gasteiger partial charge in [0.05, 0.1) is 10.1 Å². The fourth-order valence-electron chi connectivity index (χ4n) is 1.98. The first-order chi connectivity index (χ1) is 12.2. The van der Waals surface area contributed by atoms with E-state index in [0.29, 0.717) is 10.7 Å². The predicted octanol–water partition coefficient (Wildman–Crippen LogP) is 3.28. The van der Waals surface area contributed by atoms with E-state index >= 15 is 0 Å². The van der Waals surface area contributed by atoms with E-state index in [1.165, 1.54) is 36.0 Å². The number of carbonyl (C=O) groups excluding carboxylic acids is 2. The number of thioether (sulfide) groups is 1. The molecule has 9 heteroatoms. The van der Waals surface area contributed by atoms with Gasteiger partial charge in [0, 0.05) is 22.5 Å². The zero-order chi connectivity index (χ0) is 19.3. The maximum atomic E-state index is 12.3. The van der Waals surface area contributed by atoms with Crippen molar-refractivity contribution in [3.8, 4) is 0 Å². The molecule has 0 bridgehead atoms. The van der Waals surface area contributed by atoms with Crippen molar-refractivity contribution in [2.75, 3.05) is 5.32 Å². The lowest BCUT2D eigenvalue weighted by Crippen LogP contribution is -2.28. The Morgan fingerprint density at radius 1 is 1.04 bits per heavy atom. The molecule has 0 aliphatic rings. The highest BCUT2D eigenvalue weighted by Crippen LogP contribution is 2.25. The summed E-state index contributed by atoms with van der Waals surface area (Å²) < 4.78 is 25.6. The van der Waals surface area contributed by atoms with Crippen LogP contribution in [0.1, 0.15) is 13.8 Å². The second kappa shape index (κ2) is 8.57. The van der Waals surface area contributed by atoms with E-state index in [1.807, 2.05) is 16.9 Å². The average Bonchev–Trinajstić information content (AvgIpc) is 2.56. The molecule has 2 aromatic carbocycles. The minimum Gasteiger partial charge on any atom is -0.325 e. The van der Waals surface area contributed by atoms with E-state index in [-0.39, 0.29) is 16.1 Å². The number of sulfonamides is 1. The number of hydrogen-bond acceptors (Lipinski definition) is 5. The van der Waals surface area contributed by atoms with Gasteiger partial charge in [-0.3, -0.25) is 9.59 Å². The van der Waals surface area contributed by atoms with Crippen LogP contribution < -0.4 is 10.0 Å². The van der Waals surface area contributed by atoms with Gasteiger partial charge in [-0.15, -0.1) is 11.8 Å². The molecular formula is C17H17ClN2O4S2. The summed E-state index contributed by atoms with van der Waals surface area (Å²) in [5, 5.41) is 2.99. The summed E-state index contributed by atoms with van der Waals surface area (Å²) in [6.45, 7) is 2.89. The first kappa shape index (κ1) is 20.3. The van der Waals surface area contributed by atoms with Gasteiger partial charge in [-0.25, -0.2) is 13.1 Å². The Labute approximate surface area is 161 Å². The first-order valence-corrected chi connectivity index (χ1v) is 10.3. The van der Waals surface area contributed by atoms with Crippen molar-refractivity contribution >= 4 is 50.9 Å². The van der Waals surface area contributed by atoms with E-state index in [1.54, 1.807) is 19.1 Å². The zero-order valence-electron chi connectivity index (χ0n) is 14.0. The standard InChI is InChI=1S/C17H17ClN2O4S2/c1-11(25-15-7-3-13(18)4-8-15)17(22)19-14-5-9-16(10-6-14)26(23,24)20-12(2)21/h3-11H,1-2H3,(H,19,22)(H,20,21). The quantitative estimate of drug-likeness (QED) is 0.710. The van der Waals surface area contributed by atoms with Gasteiger partial charge in [-0.1, -0.05) is 11.6 Å². The van der Waals surface area contributed by atoms with Crippen LogP contribution >= 0.6 is 23.4 Å². The number of anilines is 1. The third-order valence-corrected chi connectivity index (χ3v) is 6.02. The van der Waals surface area contributed by atoms with E-state index < -0.39 is 15.9 Å². The highest BCUT2D eigenvalue weighted by Gasteiger charge is 2.17. The van der Waals surface area contributed by atoms with Crippen molar-refractivity contribution in [1.82, 2.24) is 4.72 Å². The number of nitrogens with one attached hydrogen (secondary N) is 2. The molecule has 1 unspecified atom stereocenters. The number of rotatable bonds is 6. The lowest BCUT2D eigenvalue weighted by Gasteiger charge is -2.12. The summed E-state index contributed by atoms with van der Waals surface area (Å²) in [4.78, 5) is 24.1. The number of amides is 2. The molecule has 0 saturated heterocycles. The molecule has 2 amide bonds. The van der Waals surface area contributed by atoms with Gasteiger partial charge in [0.15, 0.2) is 0 Å². The van der Waals surface area contributed by atoms with Crippen LogP contribution in [-0.4, -0.2) is 25.5 Å². The maximum Gasteiger partial charge on any atom is 0.264 e. The SMILES string of the molecule is CC(=O)NS(=O)(=O)c1ccc(NC(=O)C(C)Sc2ccc(Cl)cc2)cc1. The largest absolute Gasteiger partial charge is 0.325 e. The van der Waals surface area contributed by atoms with Crippen molar-refractivity contribution in [3.63, 3.8) is 0 Å². The molecule has 0 saturated carbocycles. The van der Waals surface area contributed by atoms with Crippen LogP contribution in [0, 0.1) is 0 Å². The molecule has 0 aliphatic carbocycles. The second-order valence-corrected chi connectivity index (χ2v) is 8.92. The summed E-state index contributed by atoms with van der Waals surface area (Å²) in [7, 11) is -3.89. The van der Waals surface area contributed by atoms with Crippen LogP contribution in [0.4, 0.5) is 5.69 Å². The van der Waals surface area contributed by atoms with Crippen molar-refractivity contribution < 1.29 is 18.0 Å². The Morgan fingerprint density at radius 3 is 2.15 bits per heavy atom. The van der Waals surface area contributed by atoms with Crippen molar-refractivity contribution in [2.24, 2.45) is 0 Å². The lowest BCUT2D eigenvalue weighted by molar-refractivity contribution is -0.117. The summed E-state index contributed by atoms with van der Waals surface area (Å²) >= 11 is 7.22. The molecule has 0 aliphatic heterocycles. The molecule has 0 radical (unpaired) electrons. The normalized spacial score (nSPS) is 12.3. The third-order valence-electron chi connectivity index (χ3n) is 3.21. The maximum absolute atomic E-state index is 12.3. The number of halogens is 1. The minimum atomic E-state index is -3.89. The van der Waals surface area contributed by atoms with Crippen LogP contribution in [-0.2, 0) is 19.6 Å². The highest BCUT2D eigenvalue weighted by molar-refractivity contribution is 8.00. The first-order valence-electron chi connectivity index (χ1n) is 7.54. The van der Waals surface area contributed by atoms with Crippen molar-refractivity contribution in [1.29, 1.82) is 0 Å². The molecule has 2 aromatic rings. The molecule has 138 valence electrons. The van der Waals surface area contributed by atoms with Gasteiger partial charge >= 0.3 is 0 Å². The molecule has 0 aromatic heterocycles. The molecular weight excluding hydrogens is 396 g/mol. The fourth-order valence-corrected chi connectivity index (χ4v) is 3.96. The molecule has 1 atom stereocenters. The summed E-state index contributed by atoms with van der Waals surface area (Å²) in [6.07, 6.45) is 0. The summed E-state index contributed by atoms with van der Waals surface area (Å²) in [5.74, 6) is -0.891. The van der Waals surface area contributed by atoms with Gasteiger partial charge in [0.25, 0.3) is 10.0 Å². The topological polar surface area (TPSA) is 92.3 Å². The van der Waals surface area contributed by atoms with Gasteiger partial charge in [-0.2, -0.15) is 0 Å². The molecule has 6 nitrogen and oxygen atoms in total. The van der Waals surface area contributed by atoms with Crippen LogP contribution in [0.5, 0.6) is 0 Å². The van der Waals surface area contributed by atoms with E-state index in [2.05, 4.69) is 5.32 Å². The molecule has 2 rings (SSSR count). The highest BCUT2D eigenvalue weighted by atomic mass is 35.5. The molecule has 2 N–H and O–H groups in total. The van der Waals surface area contributed by atoms with Crippen LogP contribution in [0.25, 0.3) is 0 Å². The van der Waals surface area contributed by atoms with Gasteiger partial charge in [-0.05, 0) is 55.5 Å². The van der Waals surface area contributed by atoms with Crippen molar-refractivity contribution in [3.05, 3.63) is 53.6 Å². The molecule has 0 heterocycles.